The molecule has 3 rings (SSSR count). The topological polar surface area (TPSA) is 102 Å². The molecular formula is C27H36N2O5S. The third kappa shape index (κ3) is 6.78. The Kier molecular flexibility index (Phi) is 8.85. The zero-order valence-electron chi connectivity index (χ0n) is 21.0. The average molecular weight is 501 g/mol. The molecule has 3 atom stereocenters. The molecule has 1 fully saturated rings. The Balaban J connectivity index is 2.03. The monoisotopic (exact) mass is 500 g/mol. The number of rotatable bonds is 8. The normalized spacial score (nSPS) is 21.4. The second-order valence-corrected chi connectivity index (χ2v) is 12.0. The third-order valence-electron chi connectivity index (χ3n) is 6.36. The SMILES string of the molecule is CCOC(=O)CC1(N[S@+]([O-])C(C)(C)C)CCCN(C(=O)O)C1Cc1cccc(-c2ccccc2)c1. The van der Waals surface area contributed by atoms with E-state index in [1.54, 1.807) is 6.92 Å². The number of esters is 1. The van der Waals surface area contributed by atoms with Gasteiger partial charge in [0.25, 0.3) is 0 Å². The number of nitrogens with zero attached hydrogens (tertiary/aromatic N) is 1. The van der Waals surface area contributed by atoms with E-state index in [1.165, 1.54) is 4.90 Å². The van der Waals surface area contributed by atoms with Crippen molar-refractivity contribution in [1.82, 2.24) is 9.62 Å². The number of carbonyl (C=O) groups is 2. The molecule has 7 nitrogen and oxygen atoms in total. The highest BCUT2D eigenvalue weighted by Gasteiger charge is 2.52. The Bertz CT molecular complexity index is 1010. The van der Waals surface area contributed by atoms with Crippen molar-refractivity contribution < 1.29 is 24.0 Å². The molecule has 2 aromatic carbocycles. The highest BCUT2D eigenvalue weighted by Crippen LogP contribution is 2.36. The number of hydrogen-bond donors (Lipinski definition) is 2. The van der Waals surface area contributed by atoms with Gasteiger partial charge in [0.2, 0.25) is 0 Å². The molecule has 1 amide bonds. The molecule has 0 aliphatic carbocycles. The van der Waals surface area contributed by atoms with Gasteiger partial charge < -0.3 is 19.3 Å². The van der Waals surface area contributed by atoms with Gasteiger partial charge in [-0.1, -0.05) is 54.6 Å². The van der Waals surface area contributed by atoms with Crippen molar-refractivity contribution in [3.63, 3.8) is 0 Å². The summed E-state index contributed by atoms with van der Waals surface area (Å²) in [5, 5.41) is 10.1. The first kappa shape index (κ1) is 27.0. The van der Waals surface area contributed by atoms with Crippen molar-refractivity contribution in [2.24, 2.45) is 0 Å². The quantitative estimate of drug-likeness (QED) is 0.399. The molecule has 2 aromatic rings. The summed E-state index contributed by atoms with van der Waals surface area (Å²) in [6.45, 7) is 7.87. The smallest absolute Gasteiger partial charge is 0.407 e. The zero-order valence-corrected chi connectivity index (χ0v) is 21.8. The summed E-state index contributed by atoms with van der Waals surface area (Å²) >= 11 is -1.51. The first-order valence-electron chi connectivity index (χ1n) is 12.0. The summed E-state index contributed by atoms with van der Waals surface area (Å²) in [6, 6.07) is 17.4. The van der Waals surface area contributed by atoms with Crippen LogP contribution in [0.1, 0.15) is 52.5 Å². The maximum atomic E-state index is 13.3. The maximum absolute atomic E-state index is 13.3. The van der Waals surface area contributed by atoms with Crippen LogP contribution in [0.4, 0.5) is 4.79 Å². The predicted molar refractivity (Wildman–Crippen MR) is 138 cm³/mol. The van der Waals surface area contributed by atoms with Gasteiger partial charge in [0.05, 0.1) is 24.6 Å². The van der Waals surface area contributed by atoms with Crippen LogP contribution in [0.25, 0.3) is 11.1 Å². The Hall–Kier alpha value is -2.55. The number of likely N-dealkylation sites (tertiary alicyclic amines) is 1. The van der Waals surface area contributed by atoms with Crippen molar-refractivity contribution in [3.8, 4) is 11.1 Å². The molecule has 35 heavy (non-hydrogen) atoms. The number of carboxylic acid groups (broad SMARTS) is 1. The lowest BCUT2D eigenvalue weighted by molar-refractivity contribution is -0.146. The van der Waals surface area contributed by atoms with Crippen LogP contribution in [0.5, 0.6) is 0 Å². The van der Waals surface area contributed by atoms with E-state index < -0.39 is 39.8 Å². The largest absolute Gasteiger partial charge is 0.598 e. The summed E-state index contributed by atoms with van der Waals surface area (Å²) in [6.07, 6.45) is 0.336. The minimum Gasteiger partial charge on any atom is -0.598 e. The van der Waals surface area contributed by atoms with Crippen molar-refractivity contribution >= 4 is 23.4 Å². The Morgan fingerprint density at radius 1 is 1.17 bits per heavy atom. The number of ether oxygens (including phenoxy) is 1. The zero-order chi connectivity index (χ0) is 25.6. The molecular weight excluding hydrogens is 464 g/mol. The van der Waals surface area contributed by atoms with Gasteiger partial charge in [0.15, 0.2) is 0 Å². The fourth-order valence-corrected chi connectivity index (χ4v) is 5.61. The molecule has 0 aromatic heterocycles. The van der Waals surface area contributed by atoms with Gasteiger partial charge in [-0.2, -0.15) is 0 Å². The summed E-state index contributed by atoms with van der Waals surface area (Å²) in [5.41, 5.74) is 2.02. The van der Waals surface area contributed by atoms with Crippen molar-refractivity contribution in [3.05, 3.63) is 60.2 Å². The molecule has 0 saturated carbocycles. The van der Waals surface area contributed by atoms with E-state index in [4.69, 9.17) is 4.74 Å². The Labute approximate surface area is 211 Å². The van der Waals surface area contributed by atoms with Crippen LogP contribution < -0.4 is 4.72 Å². The van der Waals surface area contributed by atoms with E-state index in [0.29, 0.717) is 25.8 Å². The first-order chi connectivity index (χ1) is 16.6. The average Bonchev–Trinajstić information content (AvgIpc) is 2.80. The fourth-order valence-electron chi connectivity index (χ4n) is 4.62. The van der Waals surface area contributed by atoms with Crippen LogP contribution in [0, 0.1) is 0 Å². The number of piperidine rings is 1. The third-order valence-corrected chi connectivity index (χ3v) is 8.07. The van der Waals surface area contributed by atoms with Crippen molar-refractivity contribution in [2.45, 2.75) is 69.7 Å². The number of amides is 1. The van der Waals surface area contributed by atoms with Crippen LogP contribution in [0.15, 0.2) is 54.6 Å². The van der Waals surface area contributed by atoms with E-state index in [1.807, 2.05) is 69.3 Å². The second kappa shape index (κ2) is 11.5. The summed E-state index contributed by atoms with van der Waals surface area (Å²) in [4.78, 5) is 26.5. The van der Waals surface area contributed by atoms with E-state index in [0.717, 1.165) is 16.7 Å². The summed E-state index contributed by atoms with van der Waals surface area (Å²) in [5.74, 6) is -0.429. The Morgan fingerprint density at radius 3 is 2.49 bits per heavy atom. The van der Waals surface area contributed by atoms with Gasteiger partial charge in [-0.05, 0) is 63.6 Å². The minimum absolute atomic E-state index is 0.0600. The fraction of sp³-hybridized carbons (Fsp3) is 0.481. The standard InChI is InChI=1S/C27H36N2O5S/c1-5-34-24(30)19-27(28-35(33)26(2,3)4)15-10-16-29(25(31)32)23(27)18-20-11-9-14-22(17-20)21-12-7-6-8-13-21/h6-9,11-14,17,23,28H,5,10,15-16,18-19H2,1-4H3,(H,31,32)/t23?,27?,35-/m1/s1. The van der Waals surface area contributed by atoms with E-state index in [-0.39, 0.29) is 13.0 Å². The van der Waals surface area contributed by atoms with Gasteiger partial charge in [0, 0.05) is 17.9 Å². The molecule has 0 bridgehead atoms. The molecule has 2 unspecified atom stereocenters. The van der Waals surface area contributed by atoms with Gasteiger partial charge in [-0.3, -0.25) is 4.79 Å². The van der Waals surface area contributed by atoms with Gasteiger partial charge in [-0.25, -0.2) is 4.79 Å². The van der Waals surface area contributed by atoms with Crippen LogP contribution in [-0.4, -0.2) is 56.1 Å². The highest BCUT2D eigenvalue weighted by molar-refractivity contribution is 7.90. The lowest BCUT2D eigenvalue weighted by atomic mass is 9.76. The van der Waals surface area contributed by atoms with Crippen molar-refractivity contribution in [1.29, 1.82) is 0 Å². The first-order valence-corrected chi connectivity index (χ1v) is 13.2. The van der Waals surface area contributed by atoms with E-state index in [9.17, 15) is 19.2 Å². The van der Waals surface area contributed by atoms with Gasteiger partial charge >= 0.3 is 12.1 Å². The van der Waals surface area contributed by atoms with Crippen LogP contribution >= 0.6 is 0 Å². The van der Waals surface area contributed by atoms with E-state index in [2.05, 4.69) is 10.8 Å². The number of hydrogen-bond acceptors (Lipinski definition) is 5. The summed E-state index contributed by atoms with van der Waals surface area (Å²) < 4.78 is 21.2. The predicted octanol–water partition coefficient (Wildman–Crippen LogP) is 4.78. The van der Waals surface area contributed by atoms with Crippen LogP contribution in [-0.2, 0) is 27.3 Å². The van der Waals surface area contributed by atoms with Gasteiger partial charge in [-0.15, -0.1) is 4.72 Å². The summed E-state index contributed by atoms with van der Waals surface area (Å²) in [7, 11) is 0. The van der Waals surface area contributed by atoms with Crippen molar-refractivity contribution in [2.75, 3.05) is 13.2 Å². The molecule has 0 spiro atoms. The molecule has 1 saturated heterocycles. The molecule has 8 heteroatoms. The van der Waals surface area contributed by atoms with Gasteiger partial charge in [0.1, 0.15) is 4.75 Å². The minimum atomic E-state index is -1.51. The van der Waals surface area contributed by atoms with Crippen LogP contribution in [0.2, 0.25) is 0 Å². The number of carbonyl (C=O) groups excluding carboxylic acids is 1. The lowest BCUT2D eigenvalue weighted by Gasteiger charge is -2.49. The molecule has 0 radical (unpaired) electrons. The molecule has 1 aliphatic rings. The van der Waals surface area contributed by atoms with Crippen LogP contribution in [0.3, 0.4) is 0 Å². The number of nitrogens with one attached hydrogen (secondary N) is 1. The number of benzene rings is 2. The van der Waals surface area contributed by atoms with E-state index >= 15 is 0 Å². The molecule has 2 N–H and O–H groups in total. The molecule has 190 valence electrons. The Morgan fingerprint density at radius 2 is 1.86 bits per heavy atom. The molecule has 1 heterocycles. The molecule has 1 aliphatic heterocycles. The second-order valence-electron chi connectivity index (χ2n) is 9.99. The maximum Gasteiger partial charge on any atom is 0.407 e. The lowest BCUT2D eigenvalue weighted by Crippen LogP contribution is -2.68. The highest BCUT2D eigenvalue weighted by atomic mass is 32.2.